The number of anilines is 1. The van der Waals surface area contributed by atoms with Gasteiger partial charge >= 0.3 is 0 Å². The predicted octanol–water partition coefficient (Wildman–Crippen LogP) is 1.37. The third-order valence-electron chi connectivity index (χ3n) is 1.14. The van der Waals surface area contributed by atoms with Gasteiger partial charge in [0.25, 0.3) is 0 Å². The van der Waals surface area contributed by atoms with E-state index in [1.54, 1.807) is 32.3 Å². The lowest BCUT2D eigenvalue weighted by atomic mass is 10.3. The van der Waals surface area contributed by atoms with Crippen LogP contribution in [-0.4, -0.2) is 14.1 Å². The lowest BCUT2D eigenvalue weighted by Crippen LogP contribution is -2.13. The summed E-state index contributed by atoms with van der Waals surface area (Å²) in [4.78, 5) is 0. The molecule has 76 valence electrons. The highest BCUT2D eigenvalue weighted by molar-refractivity contribution is 5.85. The fourth-order valence-electron chi connectivity index (χ4n) is 0.664. The van der Waals surface area contributed by atoms with E-state index in [1.807, 2.05) is 0 Å². The summed E-state index contributed by atoms with van der Waals surface area (Å²) in [5.74, 6) is 4.39. The molecule has 0 bridgehead atoms. The molecule has 0 aliphatic rings. The van der Waals surface area contributed by atoms with Gasteiger partial charge in [-0.05, 0) is 19.2 Å². The van der Waals surface area contributed by atoms with Crippen molar-refractivity contribution in [1.82, 2.24) is 5.43 Å². The number of nitrogens with one attached hydrogen (secondary N) is 2. The maximum atomic E-state index is 12.5. The number of hydrogen-bond acceptors (Lipinski definition) is 3. The summed E-state index contributed by atoms with van der Waals surface area (Å²) >= 11 is 0. The van der Waals surface area contributed by atoms with Crippen LogP contribution < -0.4 is 16.6 Å². The van der Waals surface area contributed by atoms with Crippen molar-refractivity contribution in [3.63, 3.8) is 0 Å². The molecule has 0 saturated heterocycles. The number of hydrogen-bond donors (Lipinski definition) is 3. The van der Waals surface area contributed by atoms with Crippen LogP contribution in [0, 0.1) is 5.82 Å². The second-order valence-electron chi connectivity index (χ2n) is 2.02. The van der Waals surface area contributed by atoms with E-state index in [2.05, 4.69) is 16.6 Å². The van der Waals surface area contributed by atoms with E-state index >= 15 is 0 Å². The van der Waals surface area contributed by atoms with Crippen LogP contribution in [0.5, 0.6) is 0 Å². The molecule has 0 aromatic heterocycles. The van der Waals surface area contributed by atoms with E-state index in [0.717, 1.165) is 0 Å². The molecular formula is C8H15ClFN3. The molecule has 0 saturated carbocycles. The van der Waals surface area contributed by atoms with E-state index in [4.69, 9.17) is 0 Å². The molecule has 0 atom stereocenters. The molecule has 0 spiro atoms. The van der Waals surface area contributed by atoms with Crippen molar-refractivity contribution in [3.05, 3.63) is 30.1 Å². The summed E-state index contributed by atoms with van der Waals surface area (Å²) in [5.41, 5.74) is 2.79. The lowest BCUT2D eigenvalue weighted by molar-refractivity contribution is 0.631. The van der Waals surface area contributed by atoms with Crippen molar-refractivity contribution in [2.24, 2.45) is 5.84 Å². The lowest BCUT2D eigenvalue weighted by Gasteiger charge is -1.97. The first-order valence-corrected chi connectivity index (χ1v) is 3.56. The normalized spacial score (nSPS) is 7.69. The van der Waals surface area contributed by atoms with Gasteiger partial charge in [0.1, 0.15) is 5.82 Å². The number of nitrogens with two attached hydrogens (primary N) is 1. The maximum Gasteiger partial charge on any atom is 0.146 e. The summed E-state index contributed by atoms with van der Waals surface area (Å²) in [6.07, 6.45) is 0. The van der Waals surface area contributed by atoms with E-state index in [9.17, 15) is 4.39 Å². The third-order valence-corrected chi connectivity index (χ3v) is 1.14. The summed E-state index contributed by atoms with van der Waals surface area (Å²) < 4.78 is 12.5. The third kappa shape index (κ3) is 6.33. The van der Waals surface area contributed by atoms with Crippen molar-refractivity contribution >= 4 is 18.1 Å². The number of benzene rings is 1. The van der Waals surface area contributed by atoms with Gasteiger partial charge < -0.3 is 5.32 Å². The molecule has 3 nitrogen and oxygen atoms in total. The Hall–Kier alpha value is -0.840. The predicted molar refractivity (Wildman–Crippen MR) is 56.4 cm³/mol. The zero-order valence-electron chi connectivity index (χ0n) is 7.67. The highest BCUT2D eigenvalue weighted by Gasteiger charge is 1.93. The average molecular weight is 208 g/mol. The largest absolute Gasteiger partial charge is 0.386 e. The van der Waals surface area contributed by atoms with E-state index in [-0.39, 0.29) is 18.2 Å². The maximum absolute atomic E-state index is 12.5. The van der Waals surface area contributed by atoms with E-state index in [0.29, 0.717) is 5.69 Å². The van der Waals surface area contributed by atoms with Gasteiger partial charge in [-0.25, -0.2) is 4.39 Å². The number of rotatable bonds is 1. The Morgan fingerprint density at radius 2 is 1.69 bits per heavy atom. The molecule has 0 amide bonds. The Morgan fingerprint density at radius 3 is 2.00 bits per heavy atom. The molecule has 0 aliphatic carbocycles. The standard InChI is InChI=1S/C7H8FN.CH6N2.ClH/c1-9-7-5-3-2-4-6(7)8;1-3-2;/h2-5,9H,1H3;3H,2H2,1H3;1H. The van der Waals surface area contributed by atoms with Crippen LogP contribution in [0.3, 0.4) is 0 Å². The molecule has 1 aromatic carbocycles. The van der Waals surface area contributed by atoms with Crippen LogP contribution in [0.25, 0.3) is 0 Å². The number of hydrazine groups is 1. The van der Waals surface area contributed by atoms with Crippen LogP contribution in [0.2, 0.25) is 0 Å². The van der Waals surface area contributed by atoms with E-state index < -0.39 is 0 Å². The molecule has 0 heterocycles. The molecule has 0 aliphatic heterocycles. The number of halogens is 2. The first-order chi connectivity index (χ1) is 5.76. The summed E-state index contributed by atoms with van der Waals surface area (Å²) in [5, 5.41) is 2.72. The second-order valence-corrected chi connectivity index (χ2v) is 2.02. The summed E-state index contributed by atoms with van der Waals surface area (Å²) in [6.45, 7) is 0. The Morgan fingerprint density at radius 1 is 1.23 bits per heavy atom. The fourth-order valence-corrected chi connectivity index (χ4v) is 0.664. The first kappa shape index (κ1) is 14.7. The minimum absolute atomic E-state index is 0. The highest BCUT2D eigenvalue weighted by Crippen LogP contribution is 2.10. The van der Waals surface area contributed by atoms with Gasteiger partial charge in [0, 0.05) is 7.05 Å². The van der Waals surface area contributed by atoms with Crippen molar-refractivity contribution in [1.29, 1.82) is 0 Å². The SMILES string of the molecule is CNN.CNc1ccccc1F.Cl. The van der Waals surface area contributed by atoms with Gasteiger partial charge in [0.05, 0.1) is 5.69 Å². The van der Waals surface area contributed by atoms with Gasteiger partial charge in [-0.2, -0.15) is 0 Å². The van der Waals surface area contributed by atoms with Crippen LogP contribution >= 0.6 is 12.4 Å². The van der Waals surface area contributed by atoms with Crippen LogP contribution in [0.4, 0.5) is 10.1 Å². The second kappa shape index (κ2) is 9.25. The smallest absolute Gasteiger partial charge is 0.146 e. The Balaban J connectivity index is 0. The monoisotopic (exact) mass is 207 g/mol. The number of para-hydroxylation sites is 1. The Bertz CT molecular complexity index is 220. The van der Waals surface area contributed by atoms with Crippen molar-refractivity contribution in [2.45, 2.75) is 0 Å². The molecule has 1 rings (SSSR count). The first-order valence-electron chi connectivity index (χ1n) is 3.56. The molecule has 0 radical (unpaired) electrons. The van der Waals surface area contributed by atoms with Gasteiger partial charge in [0.2, 0.25) is 0 Å². The minimum Gasteiger partial charge on any atom is -0.386 e. The molecule has 1 aromatic rings. The topological polar surface area (TPSA) is 50.1 Å². The zero-order chi connectivity index (χ0) is 9.40. The molecule has 5 heteroatoms. The molecule has 4 N–H and O–H groups in total. The quantitative estimate of drug-likeness (QED) is 0.482. The van der Waals surface area contributed by atoms with Gasteiger partial charge in [0.15, 0.2) is 0 Å². The van der Waals surface area contributed by atoms with Gasteiger partial charge in [-0.3, -0.25) is 11.3 Å². The fraction of sp³-hybridized carbons (Fsp3) is 0.250. The molecule has 0 fully saturated rings. The van der Waals surface area contributed by atoms with Crippen LogP contribution in [0.1, 0.15) is 0 Å². The highest BCUT2D eigenvalue weighted by atomic mass is 35.5. The summed E-state index contributed by atoms with van der Waals surface area (Å²) in [7, 11) is 3.35. The van der Waals surface area contributed by atoms with Crippen molar-refractivity contribution in [2.75, 3.05) is 19.4 Å². The van der Waals surface area contributed by atoms with Crippen molar-refractivity contribution in [3.8, 4) is 0 Å². The summed E-state index contributed by atoms with van der Waals surface area (Å²) in [6, 6.07) is 6.56. The Kier molecular flexibility index (Phi) is 10.4. The average Bonchev–Trinajstić information content (AvgIpc) is 2.07. The van der Waals surface area contributed by atoms with Gasteiger partial charge in [-0.15, -0.1) is 12.4 Å². The van der Waals surface area contributed by atoms with E-state index in [1.165, 1.54) is 6.07 Å². The van der Waals surface area contributed by atoms with Crippen molar-refractivity contribution < 1.29 is 4.39 Å². The molecule has 0 unspecified atom stereocenters. The molecule has 13 heavy (non-hydrogen) atoms. The van der Waals surface area contributed by atoms with Gasteiger partial charge in [-0.1, -0.05) is 12.1 Å². The van der Waals surface area contributed by atoms with Crippen LogP contribution in [0.15, 0.2) is 24.3 Å². The zero-order valence-corrected chi connectivity index (χ0v) is 8.49. The van der Waals surface area contributed by atoms with Crippen LogP contribution in [-0.2, 0) is 0 Å². The Labute approximate surface area is 83.9 Å². The minimum atomic E-state index is -0.208. The molecular weight excluding hydrogens is 193 g/mol.